The van der Waals surface area contributed by atoms with E-state index in [1.165, 1.54) is 0 Å². The van der Waals surface area contributed by atoms with Crippen molar-refractivity contribution in [2.75, 3.05) is 0 Å². The predicted octanol–water partition coefficient (Wildman–Crippen LogP) is 3.44. The summed E-state index contributed by atoms with van der Waals surface area (Å²) in [7, 11) is 0. The van der Waals surface area contributed by atoms with Crippen LogP contribution in [-0.4, -0.2) is 26.4 Å². The maximum Gasteiger partial charge on any atom is 0.186 e. The number of hydrogen-bond donors (Lipinski definition) is 2. The third-order valence-corrected chi connectivity index (χ3v) is 3.14. The second-order valence-electron chi connectivity index (χ2n) is 3.99. The van der Waals surface area contributed by atoms with Gasteiger partial charge in [-0.1, -0.05) is 0 Å². The monoisotopic (exact) mass is 298 g/mol. The summed E-state index contributed by atoms with van der Waals surface area (Å²) in [5.41, 5.74) is 0. The average Bonchev–Trinajstić information content (AvgIpc) is 1.98. The van der Waals surface area contributed by atoms with Crippen LogP contribution in [0.4, 0.5) is 0 Å². The molecule has 0 saturated heterocycles. The highest BCUT2D eigenvalue weighted by molar-refractivity contribution is 8.04. The summed E-state index contributed by atoms with van der Waals surface area (Å²) in [5, 5.41) is 0.763. The molecule has 0 atom stereocenters. The van der Waals surface area contributed by atoms with E-state index < -0.39 is 4.08 Å². The summed E-state index contributed by atoms with van der Waals surface area (Å²) in [5.74, 6) is 0. The molecule has 0 saturated carbocycles. The first kappa shape index (κ1) is 16.5. The summed E-state index contributed by atoms with van der Waals surface area (Å²) in [6.07, 6.45) is 0.397. The summed E-state index contributed by atoms with van der Waals surface area (Å²) in [6, 6.07) is 0. The Labute approximate surface area is 119 Å². The van der Waals surface area contributed by atoms with Gasteiger partial charge in [-0.2, -0.15) is 25.3 Å². The van der Waals surface area contributed by atoms with E-state index in [1.54, 1.807) is 0 Å². The Morgan fingerprint density at radius 2 is 1.50 bits per heavy atom. The highest BCUT2D eigenvalue weighted by atomic mass is 32.2. The molecule has 0 aliphatic rings. The molecule has 0 aliphatic carbocycles. The molecular formula is C10H18O2S4. The Balaban J connectivity index is 4.33. The van der Waals surface area contributed by atoms with Gasteiger partial charge in [-0.3, -0.25) is 0 Å². The van der Waals surface area contributed by atoms with E-state index >= 15 is 0 Å². The Morgan fingerprint density at radius 3 is 1.88 bits per heavy atom. The third kappa shape index (κ3) is 6.93. The van der Waals surface area contributed by atoms with Crippen molar-refractivity contribution in [3.05, 3.63) is 0 Å². The minimum Gasteiger partial charge on any atom is -0.484 e. The van der Waals surface area contributed by atoms with Crippen LogP contribution in [0.15, 0.2) is 0 Å². The highest BCUT2D eigenvalue weighted by Gasteiger charge is 2.31. The lowest BCUT2D eigenvalue weighted by atomic mass is 10.3. The molecule has 0 aliphatic heterocycles. The van der Waals surface area contributed by atoms with Crippen molar-refractivity contribution < 1.29 is 9.47 Å². The van der Waals surface area contributed by atoms with Crippen LogP contribution in [0.25, 0.3) is 0 Å². The minimum atomic E-state index is -0.869. The number of thiocarbonyl (C=S) groups is 2. The van der Waals surface area contributed by atoms with E-state index in [1.807, 2.05) is 27.7 Å². The maximum absolute atomic E-state index is 5.38. The Bertz CT molecular complexity index is 262. The maximum atomic E-state index is 5.38. The van der Waals surface area contributed by atoms with Gasteiger partial charge in [0.25, 0.3) is 0 Å². The summed E-state index contributed by atoms with van der Waals surface area (Å²) in [6.45, 7) is 7.61. The molecule has 0 aromatic rings. The first-order valence-electron chi connectivity index (χ1n) is 5.00. The molecule has 0 bridgehead atoms. The van der Waals surface area contributed by atoms with Crippen LogP contribution in [0.3, 0.4) is 0 Å². The van der Waals surface area contributed by atoms with Crippen LogP contribution < -0.4 is 0 Å². The van der Waals surface area contributed by atoms with Gasteiger partial charge in [0, 0.05) is 6.42 Å². The molecule has 6 heteroatoms. The molecule has 16 heavy (non-hydrogen) atoms. The molecule has 0 heterocycles. The van der Waals surface area contributed by atoms with E-state index in [4.69, 9.17) is 33.9 Å². The molecule has 94 valence electrons. The summed E-state index contributed by atoms with van der Waals surface area (Å²) < 4.78 is 9.87. The largest absolute Gasteiger partial charge is 0.484 e. The molecule has 0 amide bonds. The van der Waals surface area contributed by atoms with Crippen molar-refractivity contribution in [3.8, 4) is 0 Å². The highest BCUT2D eigenvalue weighted by Crippen LogP contribution is 2.28. The quantitative estimate of drug-likeness (QED) is 0.460. The van der Waals surface area contributed by atoms with Gasteiger partial charge >= 0.3 is 0 Å². The van der Waals surface area contributed by atoms with Crippen LogP contribution in [0.1, 0.15) is 34.1 Å². The average molecular weight is 299 g/mol. The Hall–Kier alpha value is 0.480. The second-order valence-corrected chi connectivity index (χ2v) is 6.69. The van der Waals surface area contributed by atoms with E-state index in [9.17, 15) is 0 Å². The van der Waals surface area contributed by atoms with Crippen LogP contribution in [0.2, 0.25) is 0 Å². The van der Waals surface area contributed by atoms with Gasteiger partial charge in [0.2, 0.25) is 0 Å². The van der Waals surface area contributed by atoms with Gasteiger partial charge < -0.3 is 9.47 Å². The van der Waals surface area contributed by atoms with Gasteiger partial charge in [0.1, 0.15) is 4.08 Å². The fourth-order valence-corrected chi connectivity index (χ4v) is 2.17. The van der Waals surface area contributed by atoms with Crippen molar-refractivity contribution in [1.82, 2.24) is 0 Å². The topological polar surface area (TPSA) is 18.5 Å². The van der Waals surface area contributed by atoms with Gasteiger partial charge in [-0.25, -0.2) is 0 Å². The lowest BCUT2D eigenvalue weighted by Gasteiger charge is -2.25. The number of thiol groups is 2. The van der Waals surface area contributed by atoms with Gasteiger partial charge in [-0.05, 0) is 52.1 Å². The molecule has 0 aromatic heterocycles. The molecule has 0 aromatic carbocycles. The Kier molecular flexibility index (Phi) is 7.25. The predicted molar refractivity (Wildman–Crippen MR) is 83.0 cm³/mol. The molecule has 0 N–H and O–H groups in total. The molecule has 2 nitrogen and oxygen atoms in total. The van der Waals surface area contributed by atoms with Crippen molar-refractivity contribution >= 4 is 59.8 Å². The lowest BCUT2D eigenvalue weighted by Crippen LogP contribution is -2.32. The fourth-order valence-electron chi connectivity index (χ4n) is 0.886. The van der Waals surface area contributed by atoms with Crippen molar-refractivity contribution in [2.45, 2.75) is 50.4 Å². The minimum absolute atomic E-state index is 0.00534. The number of rotatable bonds is 5. The van der Waals surface area contributed by atoms with E-state index in [-0.39, 0.29) is 12.2 Å². The molecule has 0 fully saturated rings. The van der Waals surface area contributed by atoms with Crippen molar-refractivity contribution in [3.63, 3.8) is 0 Å². The molecule has 0 unspecified atom stereocenters. The zero-order valence-electron chi connectivity index (χ0n) is 9.89. The zero-order chi connectivity index (χ0) is 12.9. The van der Waals surface area contributed by atoms with Crippen LogP contribution in [0.5, 0.6) is 0 Å². The van der Waals surface area contributed by atoms with Crippen LogP contribution >= 0.6 is 49.7 Å². The van der Waals surface area contributed by atoms with Gasteiger partial charge in [0.05, 0.1) is 12.2 Å². The molecule has 0 rings (SSSR count). The number of ether oxygens (including phenoxy) is 2. The van der Waals surface area contributed by atoms with Crippen LogP contribution in [-0.2, 0) is 9.47 Å². The van der Waals surface area contributed by atoms with Gasteiger partial charge in [0.15, 0.2) is 10.1 Å². The van der Waals surface area contributed by atoms with Crippen molar-refractivity contribution in [2.24, 2.45) is 0 Å². The van der Waals surface area contributed by atoms with Crippen LogP contribution in [0, 0.1) is 0 Å². The van der Waals surface area contributed by atoms with E-state index in [2.05, 4.69) is 25.3 Å². The number of hydrogen-bond acceptors (Lipinski definition) is 6. The summed E-state index contributed by atoms with van der Waals surface area (Å²) >= 11 is 18.9. The third-order valence-electron chi connectivity index (χ3n) is 1.43. The normalized spacial score (nSPS) is 11.8. The van der Waals surface area contributed by atoms with E-state index in [0.29, 0.717) is 16.5 Å². The standard InChI is InChI=1S/C10H18O2S4/c1-6(2)11-8(13)5-10(15,16)9(14)12-7(3)4/h6-7,15-16H,5H2,1-4H3. The first-order chi connectivity index (χ1) is 7.15. The van der Waals surface area contributed by atoms with Gasteiger partial charge in [-0.15, -0.1) is 0 Å². The molecular weight excluding hydrogens is 280 g/mol. The summed E-state index contributed by atoms with van der Waals surface area (Å²) in [4.78, 5) is 0. The van der Waals surface area contributed by atoms with E-state index in [0.717, 1.165) is 0 Å². The fraction of sp³-hybridized carbons (Fsp3) is 0.800. The van der Waals surface area contributed by atoms with Crippen molar-refractivity contribution in [1.29, 1.82) is 0 Å². The Morgan fingerprint density at radius 1 is 1.06 bits per heavy atom. The SMILES string of the molecule is CC(C)OC(=S)CC(S)(S)C(=S)OC(C)C. The lowest BCUT2D eigenvalue weighted by molar-refractivity contribution is 0.220. The molecule has 0 spiro atoms. The molecule has 0 radical (unpaired) electrons. The zero-order valence-corrected chi connectivity index (χ0v) is 13.3. The second kappa shape index (κ2) is 7.03. The smallest absolute Gasteiger partial charge is 0.186 e. The first-order valence-corrected chi connectivity index (χ1v) is 6.71.